The maximum atomic E-state index is 12.6. The number of rotatable bonds is 8. The molecule has 3 amide bonds. The summed E-state index contributed by atoms with van der Waals surface area (Å²) in [6.45, 7) is -0.0684. The molecule has 0 aromatic heterocycles. The molecular formula is C31H33F3N4O7S. The molecule has 7 N–H and O–H groups in total. The maximum absolute atomic E-state index is 12.6. The van der Waals surface area contributed by atoms with Crippen molar-refractivity contribution in [1.29, 1.82) is 0 Å². The molecule has 1 saturated heterocycles. The summed E-state index contributed by atoms with van der Waals surface area (Å²) in [4.78, 5) is 57.1. The van der Waals surface area contributed by atoms with Gasteiger partial charge in [0.1, 0.15) is 11.8 Å². The lowest BCUT2D eigenvalue weighted by Crippen LogP contribution is -2.48. The van der Waals surface area contributed by atoms with Crippen LogP contribution in [0.15, 0.2) is 78.9 Å². The Labute approximate surface area is 266 Å². The maximum Gasteiger partial charge on any atom is 0.490 e. The molecule has 4 atom stereocenters. The van der Waals surface area contributed by atoms with E-state index in [1.807, 2.05) is 24.3 Å². The predicted octanol–water partition coefficient (Wildman–Crippen LogP) is 3.10. The van der Waals surface area contributed by atoms with Crippen molar-refractivity contribution in [2.75, 3.05) is 11.4 Å². The van der Waals surface area contributed by atoms with Crippen LogP contribution in [0.1, 0.15) is 28.8 Å². The number of allylic oxidation sites excluding steroid dienone is 2. The third-order valence-electron chi connectivity index (χ3n) is 6.97. The summed E-state index contributed by atoms with van der Waals surface area (Å²) in [5.41, 5.74) is 12.8. The van der Waals surface area contributed by atoms with Crippen molar-refractivity contribution >= 4 is 47.1 Å². The molecule has 1 aliphatic heterocycles. The van der Waals surface area contributed by atoms with Gasteiger partial charge in [-0.15, -0.1) is 11.8 Å². The van der Waals surface area contributed by atoms with Crippen LogP contribution in [0.3, 0.4) is 0 Å². The van der Waals surface area contributed by atoms with Crippen molar-refractivity contribution in [2.45, 2.75) is 42.1 Å². The fraction of sp³-hybridized carbons (Fsp3) is 0.323. The molecule has 5 rings (SSSR count). The number of aliphatic carboxylic acids is 2. The number of hydrogen-bond donors (Lipinski definition) is 5. The topological polar surface area (TPSA) is 193 Å². The molecular weight excluding hydrogens is 629 g/mol. The van der Waals surface area contributed by atoms with Gasteiger partial charge in [-0.3, -0.25) is 24.1 Å². The molecule has 2 aromatic carbocycles. The number of nitrogens with zero attached hydrogens (tertiary/aromatic N) is 1. The van der Waals surface area contributed by atoms with Crippen LogP contribution < -0.4 is 21.7 Å². The van der Waals surface area contributed by atoms with E-state index in [4.69, 9.17) is 26.5 Å². The second-order valence-corrected chi connectivity index (χ2v) is 11.7. The molecule has 0 radical (unpaired) electrons. The molecule has 15 heteroatoms. The van der Waals surface area contributed by atoms with Gasteiger partial charge in [0.25, 0.3) is 5.91 Å². The Balaban J connectivity index is 0.000000210. The Morgan fingerprint density at radius 1 is 0.957 bits per heavy atom. The normalized spacial score (nSPS) is 21.0. The number of carbonyl (C=O) groups is 5. The molecule has 2 aliphatic carbocycles. The van der Waals surface area contributed by atoms with Gasteiger partial charge in [-0.05, 0) is 42.7 Å². The number of benzene rings is 2. The number of carboxylic acids is 2. The highest BCUT2D eigenvalue weighted by Gasteiger charge is 2.47. The summed E-state index contributed by atoms with van der Waals surface area (Å²) in [5, 5.41) is 19.1. The van der Waals surface area contributed by atoms with Crippen molar-refractivity contribution in [3.63, 3.8) is 0 Å². The van der Waals surface area contributed by atoms with Crippen LogP contribution in [-0.2, 0) is 25.7 Å². The molecule has 0 spiro atoms. The highest BCUT2D eigenvalue weighted by atomic mass is 32.2. The molecule has 246 valence electrons. The van der Waals surface area contributed by atoms with E-state index in [-0.39, 0.29) is 46.1 Å². The lowest BCUT2D eigenvalue weighted by atomic mass is 9.90. The SMILES string of the molecule is NC(=O)C1SC2C=CC=CC2C1NC(=O)C1CC1.NCc1cccc(C(=O)N(CC(=O)O)c2ccccc2)c1.O=C(O)C(F)(F)F. The van der Waals surface area contributed by atoms with Crippen LogP contribution in [-0.4, -0.2) is 69.1 Å². The summed E-state index contributed by atoms with van der Waals surface area (Å²) in [7, 11) is 0. The Kier molecular flexibility index (Phi) is 12.5. The first-order valence-corrected chi connectivity index (χ1v) is 14.9. The Bertz CT molecular complexity index is 1480. The molecule has 2 aromatic rings. The van der Waals surface area contributed by atoms with Crippen LogP contribution in [0.5, 0.6) is 0 Å². The quantitative estimate of drug-likeness (QED) is 0.282. The van der Waals surface area contributed by atoms with E-state index in [0.29, 0.717) is 17.8 Å². The number of hydrogen-bond acceptors (Lipinski definition) is 7. The summed E-state index contributed by atoms with van der Waals surface area (Å²) in [6, 6.07) is 15.5. The number of para-hydroxylation sites is 1. The number of halogens is 3. The van der Waals surface area contributed by atoms with Crippen molar-refractivity contribution in [2.24, 2.45) is 23.3 Å². The van der Waals surface area contributed by atoms with Gasteiger partial charge in [0.05, 0.1) is 6.04 Å². The number of thioether (sulfide) groups is 1. The van der Waals surface area contributed by atoms with Crippen molar-refractivity contribution < 1.29 is 47.4 Å². The average molecular weight is 663 g/mol. The Morgan fingerprint density at radius 3 is 2.13 bits per heavy atom. The Morgan fingerprint density at radius 2 is 1.59 bits per heavy atom. The van der Waals surface area contributed by atoms with E-state index < -0.39 is 24.7 Å². The van der Waals surface area contributed by atoms with Gasteiger partial charge in [0.2, 0.25) is 11.8 Å². The lowest BCUT2D eigenvalue weighted by Gasteiger charge is -2.23. The number of carbonyl (C=O) groups excluding carboxylic acids is 3. The second kappa shape index (κ2) is 16.1. The van der Waals surface area contributed by atoms with E-state index in [1.54, 1.807) is 54.2 Å². The number of primary amides is 1. The molecule has 11 nitrogen and oxygen atoms in total. The zero-order valence-electron chi connectivity index (χ0n) is 24.3. The summed E-state index contributed by atoms with van der Waals surface area (Å²) >= 11 is 1.56. The van der Waals surface area contributed by atoms with Gasteiger partial charge in [-0.1, -0.05) is 54.6 Å². The van der Waals surface area contributed by atoms with Gasteiger partial charge in [-0.2, -0.15) is 13.2 Å². The summed E-state index contributed by atoms with van der Waals surface area (Å²) < 4.78 is 31.7. The van der Waals surface area contributed by atoms with Crippen LogP contribution in [0.2, 0.25) is 0 Å². The Hall–Kier alpha value is -4.63. The number of alkyl halides is 3. The van der Waals surface area contributed by atoms with Crippen molar-refractivity contribution in [3.05, 3.63) is 90.0 Å². The van der Waals surface area contributed by atoms with Crippen LogP contribution >= 0.6 is 11.8 Å². The minimum absolute atomic E-state index is 0.0791. The van der Waals surface area contributed by atoms with Crippen LogP contribution in [0.25, 0.3) is 0 Å². The monoisotopic (exact) mass is 662 g/mol. The molecule has 46 heavy (non-hydrogen) atoms. The molecule has 0 bridgehead atoms. The van der Waals surface area contributed by atoms with Gasteiger partial charge >= 0.3 is 18.1 Å². The number of amides is 3. The zero-order valence-corrected chi connectivity index (χ0v) is 25.1. The zero-order chi connectivity index (χ0) is 34.0. The molecule has 4 unspecified atom stereocenters. The molecule has 2 fully saturated rings. The number of carboxylic acid groups (broad SMARTS) is 2. The molecule has 3 aliphatic rings. The molecule has 1 heterocycles. The van der Waals surface area contributed by atoms with Crippen LogP contribution in [0.4, 0.5) is 18.9 Å². The van der Waals surface area contributed by atoms with E-state index in [1.165, 1.54) is 4.90 Å². The molecule has 1 saturated carbocycles. The third-order valence-corrected chi connectivity index (χ3v) is 8.57. The van der Waals surface area contributed by atoms with Crippen LogP contribution in [0, 0.1) is 11.8 Å². The minimum Gasteiger partial charge on any atom is -0.480 e. The van der Waals surface area contributed by atoms with Crippen molar-refractivity contribution in [1.82, 2.24) is 5.32 Å². The average Bonchev–Trinajstić information content (AvgIpc) is 3.82. The smallest absolute Gasteiger partial charge is 0.480 e. The number of nitrogens with two attached hydrogens (primary N) is 2. The van der Waals surface area contributed by atoms with E-state index in [2.05, 4.69) is 17.5 Å². The van der Waals surface area contributed by atoms with Gasteiger partial charge in [0, 0.05) is 34.9 Å². The van der Waals surface area contributed by atoms with Gasteiger partial charge < -0.3 is 27.0 Å². The third kappa shape index (κ3) is 10.2. The first-order valence-electron chi connectivity index (χ1n) is 14.0. The minimum atomic E-state index is -5.08. The second-order valence-electron chi connectivity index (χ2n) is 10.4. The summed E-state index contributed by atoms with van der Waals surface area (Å²) in [5.74, 6) is -4.10. The van der Waals surface area contributed by atoms with E-state index in [9.17, 15) is 32.3 Å². The first-order chi connectivity index (χ1) is 21.7. The fourth-order valence-corrected chi connectivity index (χ4v) is 6.09. The van der Waals surface area contributed by atoms with Gasteiger partial charge in [-0.25, -0.2) is 4.79 Å². The standard InChI is InChI=1S/C16H16N2O3.C13H16N2O2S.C2HF3O2/c17-10-12-5-4-6-13(9-12)16(21)18(11-15(19)20)14-7-2-1-3-8-14;14-12(16)11-10(15-13(17)7-5-6-7)8-3-1-2-4-9(8)18-11;3-2(4,5)1(6)7/h1-9H,10-11,17H2,(H,19,20);1-4,7-11H,5-6H2,(H2,14,16)(H,15,17);(H,6,7). The largest absolute Gasteiger partial charge is 0.490 e. The predicted molar refractivity (Wildman–Crippen MR) is 165 cm³/mol. The van der Waals surface area contributed by atoms with E-state index >= 15 is 0 Å². The highest BCUT2D eigenvalue weighted by Crippen LogP contribution is 2.42. The van der Waals surface area contributed by atoms with Crippen molar-refractivity contribution in [3.8, 4) is 0 Å². The number of nitrogens with one attached hydrogen (secondary N) is 1. The number of anilines is 1. The van der Waals surface area contributed by atoms with Gasteiger partial charge in [0.15, 0.2) is 0 Å². The first kappa shape index (κ1) is 35.8. The number of fused-ring (bicyclic) bond motifs is 1. The lowest BCUT2D eigenvalue weighted by molar-refractivity contribution is -0.192. The fourth-order valence-electron chi connectivity index (χ4n) is 4.57. The summed E-state index contributed by atoms with van der Waals surface area (Å²) in [6.07, 6.45) is 4.96. The highest BCUT2D eigenvalue weighted by molar-refractivity contribution is 8.01. The van der Waals surface area contributed by atoms with E-state index in [0.717, 1.165) is 18.4 Å².